The Kier molecular flexibility index (Phi) is 3.32. The van der Waals surface area contributed by atoms with Gasteiger partial charge in [-0.15, -0.1) is 0 Å². The third kappa shape index (κ3) is 2.41. The van der Waals surface area contributed by atoms with Crippen molar-refractivity contribution in [2.24, 2.45) is 0 Å². The first kappa shape index (κ1) is 14.1. The number of benzene rings is 1. The fourth-order valence-corrected chi connectivity index (χ4v) is 2.05. The molecule has 1 aromatic carbocycles. The summed E-state index contributed by atoms with van der Waals surface area (Å²) in [5.74, 6) is -2.14. The van der Waals surface area contributed by atoms with Crippen LogP contribution in [0.15, 0.2) is 30.3 Å². The van der Waals surface area contributed by atoms with E-state index >= 15 is 0 Å². The van der Waals surface area contributed by atoms with Gasteiger partial charge in [0.05, 0.1) is 17.1 Å². The van der Waals surface area contributed by atoms with Gasteiger partial charge in [0, 0.05) is 6.07 Å². The van der Waals surface area contributed by atoms with Crippen LogP contribution >= 0.6 is 0 Å². The van der Waals surface area contributed by atoms with Gasteiger partial charge < -0.3 is 5.32 Å². The lowest BCUT2D eigenvalue weighted by Crippen LogP contribution is -2.16. The minimum absolute atomic E-state index is 0.105. The Morgan fingerprint density at radius 1 is 1.18 bits per heavy atom. The summed E-state index contributed by atoms with van der Waals surface area (Å²) in [5, 5.41) is 6.55. The molecule has 1 amide bonds. The van der Waals surface area contributed by atoms with Crippen molar-refractivity contribution in [1.29, 1.82) is 0 Å². The number of amides is 1. The van der Waals surface area contributed by atoms with Crippen LogP contribution in [0, 0.1) is 25.5 Å². The van der Waals surface area contributed by atoms with E-state index in [1.165, 1.54) is 6.07 Å². The van der Waals surface area contributed by atoms with Crippen LogP contribution in [0.1, 0.15) is 21.9 Å². The smallest absolute Gasteiger partial charge is 0.276 e. The van der Waals surface area contributed by atoms with Crippen LogP contribution in [0.5, 0.6) is 0 Å². The van der Waals surface area contributed by atoms with E-state index < -0.39 is 17.5 Å². The molecular formula is C15H12F2N4O. The highest BCUT2D eigenvalue weighted by Gasteiger charge is 2.14. The second-order valence-corrected chi connectivity index (χ2v) is 4.85. The number of aromatic nitrogens is 3. The fraction of sp³-hybridized carbons (Fsp3) is 0.133. The molecule has 0 unspecified atom stereocenters. The zero-order valence-electron chi connectivity index (χ0n) is 11.9. The maximum Gasteiger partial charge on any atom is 0.276 e. The molecule has 0 spiro atoms. The molecule has 2 aromatic heterocycles. The average Bonchev–Trinajstić information content (AvgIpc) is 2.77. The number of anilines is 1. The summed E-state index contributed by atoms with van der Waals surface area (Å²) in [6.07, 6.45) is 0. The number of nitrogens with zero attached hydrogens (tertiary/aromatic N) is 3. The molecule has 3 aromatic rings. The molecule has 0 atom stereocenters. The topological polar surface area (TPSA) is 59.3 Å². The molecule has 112 valence electrons. The highest BCUT2D eigenvalue weighted by molar-refractivity contribution is 6.02. The van der Waals surface area contributed by atoms with Gasteiger partial charge in [-0.3, -0.25) is 4.79 Å². The number of hydrogen-bond acceptors (Lipinski definition) is 3. The van der Waals surface area contributed by atoms with E-state index in [4.69, 9.17) is 0 Å². The predicted molar refractivity (Wildman–Crippen MR) is 76.8 cm³/mol. The van der Waals surface area contributed by atoms with Crippen LogP contribution in [0.4, 0.5) is 14.5 Å². The van der Waals surface area contributed by atoms with Gasteiger partial charge in [0.15, 0.2) is 5.65 Å². The fourth-order valence-electron chi connectivity index (χ4n) is 2.05. The van der Waals surface area contributed by atoms with E-state index in [-0.39, 0.29) is 11.4 Å². The molecule has 0 aliphatic carbocycles. The van der Waals surface area contributed by atoms with Crippen molar-refractivity contribution >= 4 is 17.2 Å². The van der Waals surface area contributed by atoms with Crippen molar-refractivity contribution < 1.29 is 13.6 Å². The molecule has 7 heteroatoms. The largest absolute Gasteiger partial charge is 0.318 e. The molecule has 0 aliphatic heterocycles. The monoisotopic (exact) mass is 302 g/mol. The molecule has 22 heavy (non-hydrogen) atoms. The summed E-state index contributed by atoms with van der Waals surface area (Å²) in [7, 11) is 0. The number of fused-ring (bicyclic) bond motifs is 1. The van der Waals surface area contributed by atoms with E-state index in [0.717, 1.165) is 23.5 Å². The van der Waals surface area contributed by atoms with Crippen molar-refractivity contribution in [2.75, 3.05) is 5.32 Å². The molecule has 5 nitrogen and oxygen atoms in total. The Hall–Kier alpha value is -2.83. The lowest BCUT2D eigenvalue weighted by molar-refractivity contribution is 0.102. The number of rotatable bonds is 2. The van der Waals surface area contributed by atoms with Crippen molar-refractivity contribution in [3.8, 4) is 0 Å². The Balaban J connectivity index is 1.93. The first-order chi connectivity index (χ1) is 10.5. The Labute approximate surface area is 124 Å². The summed E-state index contributed by atoms with van der Waals surface area (Å²) < 4.78 is 28.0. The van der Waals surface area contributed by atoms with Gasteiger partial charge in [-0.1, -0.05) is 0 Å². The van der Waals surface area contributed by atoms with E-state index in [1.54, 1.807) is 10.6 Å². The standard InChI is InChI=1S/C15H12F2N4O/c1-8-9(2)21-14(18-8)6-5-13(20-21)15(22)19-12-4-3-10(16)7-11(12)17/h3-7H,1-2H3,(H,19,22). The molecule has 0 radical (unpaired) electrons. The molecule has 3 rings (SSSR count). The minimum atomic E-state index is -0.843. The zero-order valence-corrected chi connectivity index (χ0v) is 11.9. The number of carbonyl (C=O) groups excluding carboxylic acids is 1. The first-order valence-electron chi connectivity index (χ1n) is 6.55. The lowest BCUT2D eigenvalue weighted by atomic mass is 10.2. The van der Waals surface area contributed by atoms with E-state index in [9.17, 15) is 13.6 Å². The van der Waals surface area contributed by atoms with Crippen LogP contribution in [0.3, 0.4) is 0 Å². The normalized spacial score (nSPS) is 10.9. The second kappa shape index (κ2) is 5.18. The maximum atomic E-state index is 13.6. The van der Waals surface area contributed by atoms with E-state index in [0.29, 0.717) is 11.7 Å². The van der Waals surface area contributed by atoms with Crippen LogP contribution in [0.2, 0.25) is 0 Å². The molecule has 0 saturated carbocycles. The van der Waals surface area contributed by atoms with Gasteiger partial charge >= 0.3 is 0 Å². The van der Waals surface area contributed by atoms with Gasteiger partial charge in [-0.05, 0) is 38.1 Å². The van der Waals surface area contributed by atoms with Crippen molar-refractivity contribution in [3.05, 3.63) is 59.0 Å². The summed E-state index contributed by atoms with van der Waals surface area (Å²) in [6.45, 7) is 3.68. The molecule has 1 N–H and O–H groups in total. The average molecular weight is 302 g/mol. The molecule has 0 fully saturated rings. The molecular weight excluding hydrogens is 290 g/mol. The molecule has 0 saturated heterocycles. The number of carbonyl (C=O) groups is 1. The second-order valence-electron chi connectivity index (χ2n) is 4.85. The third-order valence-electron chi connectivity index (χ3n) is 3.35. The van der Waals surface area contributed by atoms with Crippen LogP contribution < -0.4 is 5.32 Å². The summed E-state index contributed by atoms with van der Waals surface area (Å²) in [6, 6.07) is 6.09. The minimum Gasteiger partial charge on any atom is -0.318 e. The number of nitrogens with one attached hydrogen (secondary N) is 1. The summed E-state index contributed by atoms with van der Waals surface area (Å²) in [5.41, 5.74) is 2.26. The predicted octanol–water partition coefficient (Wildman–Crippen LogP) is 2.88. The van der Waals surface area contributed by atoms with Crippen LogP contribution in [0.25, 0.3) is 5.65 Å². The van der Waals surface area contributed by atoms with Crippen LogP contribution in [-0.2, 0) is 0 Å². The number of aryl methyl sites for hydroxylation is 2. The van der Waals surface area contributed by atoms with Gasteiger partial charge in [-0.2, -0.15) is 5.10 Å². The summed E-state index contributed by atoms with van der Waals surface area (Å²) >= 11 is 0. The van der Waals surface area contributed by atoms with Crippen LogP contribution in [-0.4, -0.2) is 20.5 Å². The lowest BCUT2D eigenvalue weighted by Gasteiger charge is -2.06. The Bertz CT molecular complexity index is 889. The van der Waals surface area contributed by atoms with Crippen molar-refractivity contribution in [1.82, 2.24) is 14.6 Å². The SMILES string of the molecule is Cc1nc2ccc(C(=O)Nc3ccc(F)cc3F)nn2c1C. The third-order valence-corrected chi connectivity index (χ3v) is 3.35. The highest BCUT2D eigenvalue weighted by atomic mass is 19.1. The van der Waals surface area contributed by atoms with Gasteiger partial charge in [-0.25, -0.2) is 18.3 Å². The zero-order chi connectivity index (χ0) is 15.9. The quantitative estimate of drug-likeness (QED) is 0.792. The van der Waals surface area contributed by atoms with E-state index in [1.807, 2.05) is 13.8 Å². The van der Waals surface area contributed by atoms with Gasteiger partial charge in [0.1, 0.15) is 17.3 Å². The molecule has 0 aliphatic rings. The number of halogens is 2. The summed E-state index contributed by atoms with van der Waals surface area (Å²) in [4.78, 5) is 16.4. The van der Waals surface area contributed by atoms with E-state index in [2.05, 4.69) is 15.4 Å². The molecule has 2 heterocycles. The van der Waals surface area contributed by atoms with Gasteiger partial charge in [0.25, 0.3) is 5.91 Å². The molecule has 0 bridgehead atoms. The van der Waals surface area contributed by atoms with Gasteiger partial charge in [0.2, 0.25) is 0 Å². The van der Waals surface area contributed by atoms with Crippen molar-refractivity contribution in [2.45, 2.75) is 13.8 Å². The number of hydrogen-bond donors (Lipinski definition) is 1. The first-order valence-corrected chi connectivity index (χ1v) is 6.55. The Morgan fingerprint density at radius 3 is 2.68 bits per heavy atom. The Morgan fingerprint density at radius 2 is 1.95 bits per heavy atom. The highest BCUT2D eigenvalue weighted by Crippen LogP contribution is 2.16. The van der Waals surface area contributed by atoms with Crippen molar-refractivity contribution in [3.63, 3.8) is 0 Å². The maximum absolute atomic E-state index is 13.6. The number of imidazole rings is 1.